The van der Waals surface area contributed by atoms with Crippen LogP contribution < -0.4 is 15.2 Å². The van der Waals surface area contributed by atoms with E-state index in [1.807, 2.05) is 0 Å². The van der Waals surface area contributed by atoms with Crippen LogP contribution in [0.1, 0.15) is 11.1 Å². The molecule has 0 saturated carbocycles. The number of aromatic hydroxyl groups is 1. The molecule has 0 bridgehead atoms. The number of phenols is 1. The SMILES string of the molecule is COc1cc(/C=C/C(=O)OCCc2ccc(O)c(OC)c2)ccc1N. The lowest BCUT2D eigenvalue weighted by atomic mass is 10.1. The fourth-order valence-corrected chi connectivity index (χ4v) is 2.19. The third kappa shape index (κ3) is 5.17. The van der Waals surface area contributed by atoms with Gasteiger partial charge in [-0.1, -0.05) is 12.1 Å². The summed E-state index contributed by atoms with van der Waals surface area (Å²) in [6.07, 6.45) is 3.50. The Labute approximate surface area is 146 Å². The highest BCUT2D eigenvalue weighted by Crippen LogP contribution is 2.26. The van der Waals surface area contributed by atoms with Crippen LogP contribution in [0.25, 0.3) is 6.08 Å². The minimum atomic E-state index is -0.443. The van der Waals surface area contributed by atoms with E-state index < -0.39 is 5.97 Å². The standard InChI is InChI=1S/C19H21NO5/c1-23-17-11-13(3-6-15(17)20)5-8-19(22)25-10-9-14-4-7-16(21)18(12-14)24-2/h3-8,11-12,21H,9-10,20H2,1-2H3/b8-5+. The number of carbonyl (C=O) groups excluding carboxylic acids is 1. The molecule has 0 atom stereocenters. The van der Waals surface area contributed by atoms with E-state index in [4.69, 9.17) is 19.9 Å². The fourth-order valence-electron chi connectivity index (χ4n) is 2.19. The predicted molar refractivity (Wildman–Crippen MR) is 95.8 cm³/mol. The normalized spacial score (nSPS) is 10.6. The van der Waals surface area contributed by atoms with Gasteiger partial charge in [-0.3, -0.25) is 0 Å². The molecule has 2 rings (SSSR count). The molecule has 0 aromatic heterocycles. The van der Waals surface area contributed by atoms with Crippen molar-refractivity contribution in [3.8, 4) is 17.2 Å². The molecule has 0 fully saturated rings. The lowest BCUT2D eigenvalue weighted by Crippen LogP contribution is -2.04. The topological polar surface area (TPSA) is 91.0 Å². The molecular formula is C19H21NO5. The van der Waals surface area contributed by atoms with Crippen LogP contribution in [0.2, 0.25) is 0 Å². The highest BCUT2D eigenvalue weighted by Gasteiger charge is 2.04. The van der Waals surface area contributed by atoms with E-state index in [9.17, 15) is 9.90 Å². The molecule has 6 heteroatoms. The lowest BCUT2D eigenvalue weighted by Gasteiger charge is -2.07. The number of rotatable bonds is 7. The fraction of sp³-hybridized carbons (Fsp3) is 0.211. The van der Waals surface area contributed by atoms with Crippen molar-refractivity contribution in [2.24, 2.45) is 0 Å². The second-order valence-electron chi connectivity index (χ2n) is 5.26. The van der Waals surface area contributed by atoms with Gasteiger partial charge in [-0.25, -0.2) is 4.79 Å². The van der Waals surface area contributed by atoms with Gasteiger partial charge in [0.25, 0.3) is 0 Å². The summed E-state index contributed by atoms with van der Waals surface area (Å²) in [5.74, 6) is 0.574. The molecule has 3 N–H and O–H groups in total. The molecule has 132 valence electrons. The Balaban J connectivity index is 1.86. The van der Waals surface area contributed by atoms with Gasteiger partial charge in [-0.15, -0.1) is 0 Å². The third-order valence-corrected chi connectivity index (χ3v) is 3.55. The molecule has 0 aliphatic rings. The number of nitrogens with two attached hydrogens (primary N) is 1. The zero-order valence-corrected chi connectivity index (χ0v) is 14.2. The summed E-state index contributed by atoms with van der Waals surface area (Å²) < 4.78 is 15.3. The first-order chi connectivity index (χ1) is 12.0. The molecule has 6 nitrogen and oxygen atoms in total. The summed E-state index contributed by atoms with van der Waals surface area (Å²) in [5.41, 5.74) is 7.96. The Bertz CT molecular complexity index is 770. The molecule has 2 aromatic rings. The van der Waals surface area contributed by atoms with Crippen LogP contribution in [0.5, 0.6) is 17.2 Å². The maximum Gasteiger partial charge on any atom is 0.330 e. The van der Waals surface area contributed by atoms with E-state index >= 15 is 0 Å². The largest absolute Gasteiger partial charge is 0.504 e. The zero-order valence-electron chi connectivity index (χ0n) is 14.2. The summed E-state index contributed by atoms with van der Waals surface area (Å²) in [6, 6.07) is 10.2. The zero-order chi connectivity index (χ0) is 18.2. The summed E-state index contributed by atoms with van der Waals surface area (Å²) >= 11 is 0. The molecule has 0 aliphatic carbocycles. The Morgan fingerprint density at radius 2 is 1.88 bits per heavy atom. The Morgan fingerprint density at radius 1 is 1.12 bits per heavy atom. The third-order valence-electron chi connectivity index (χ3n) is 3.55. The maximum absolute atomic E-state index is 11.8. The van der Waals surface area contributed by atoms with Gasteiger partial charge in [-0.05, 0) is 41.5 Å². The maximum atomic E-state index is 11.8. The average molecular weight is 343 g/mol. The van der Waals surface area contributed by atoms with Crippen molar-refractivity contribution >= 4 is 17.7 Å². The molecule has 0 aliphatic heterocycles. The van der Waals surface area contributed by atoms with Gasteiger partial charge in [0.05, 0.1) is 26.5 Å². The van der Waals surface area contributed by atoms with E-state index in [0.29, 0.717) is 23.6 Å². The van der Waals surface area contributed by atoms with E-state index in [1.54, 1.807) is 42.5 Å². The van der Waals surface area contributed by atoms with Crippen molar-refractivity contribution in [2.75, 3.05) is 26.6 Å². The molecule has 0 saturated heterocycles. The van der Waals surface area contributed by atoms with Crippen molar-refractivity contribution in [3.05, 3.63) is 53.6 Å². The number of phenolic OH excluding ortho intramolecular Hbond substituents is 1. The van der Waals surface area contributed by atoms with Gasteiger partial charge < -0.3 is 25.1 Å². The van der Waals surface area contributed by atoms with Gasteiger partial charge in [0, 0.05) is 12.5 Å². The van der Waals surface area contributed by atoms with Crippen LogP contribution in [0.3, 0.4) is 0 Å². The number of carbonyl (C=O) groups is 1. The summed E-state index contributed by atoms with van der Waals surface area (Å²) in [4.78, 5) is 11.8. The predicted octanol–water partition coefficient (Wildman–Crippen LogP) is 2.79. The molecule has 0 amide bonds. The summed E-state index contributed by atoms with van der Waals surface area (Å²) in [5, 5.41) is 9.55. The lowest BCUT2D eigenvalue weighted by molar-refractivity contribution is -0.137. The quantitative estimate of drug-likeness (QED) is 0.456. The first-order valence-electron chi connectivity index (χ1n) is 7.67. The molecular weight excluding hydrogens is 322 g/mol. The molecule has 0 unspecified atom stereocenters. The van der Waals surface area contributed by atoms with Gasteiger partial charge in [0.2, 0.25) is 0 Å². The smallest absolute Gasteiger partial charge is 0.330 e. The van der Waals surface area contributed by atoms with Crippen LogP contribution in [0, 0.1) is 0 Å². The Kier molecular flexibility index (Phi) is 6.28. The van der Waals surface area contributed by atoms with Crippen molar-refractivity contribution in [1.82, 2.24) is 0 Å². The molecule has 0 radical (unpaired) electrons. The second-order valence-corrected chi connectivity index (χ2v) is 5.26. The van der Waals surface area contributed by atoms with Crippen LogP contribution >= 0.6 is 0 Å². The number of methoxy groups -OCH3 is 2. The van der Waals surface area contributed by atoms with E-state index in [0.717, 1.165) is 11.1 Å². The first-order valence-corrected chi connectivity index (χ1v) is 7.67. The molecule has 0 spiro atoms. The summed E-state index contributed by atoms with van der Waals surface area (Å²) in [7, 11) is 3.02. The summed E-state index contributed by atoms with van der Waals surface area (Å²) in [6.45, 7) is 0.224. The van der Waals surface area contributed by atoms with E-state index in [1.165, 1.54) is 20.3 Å². The van der Waals surface area contributed by atoms with Gasteiger partial charge in [-0.2, -0.15) is 0 Å². The first kappa shape index (κ1) is 18.2. The number of ether oxygens (including phenoxy) is 3. The van der Waals surface area contributed by atoms with Crippen molar-refractivity contribution < 1.29 is 24.1 Å². The minimum Gasteiger partial charge on any atom is -0.504 e. The number of nitrogen functional groups attached to an aromatic ring is 1. The second kappa shape index (κ2) is 8.63. The van der Waals surface area contributed by atoms with Crippen LogP contribution in [0.4, 0.5) is 5.69 Å². The Hall–Kier alpha value is -3.15. The van der Waals surface area contributed by atoms with Crippen LogP contribution in [0.15, 0.2) is 42.5 Å². The highest BCUT2D eigenvalue weighted by molar-refractivity contribution is 5.87. The van der Waals surface area contributed by atoms with Crippen molar-refractivity contribution in [3.63, 3.8) is 0 Å². The number of esters is 1. The van der Waals surface area contributed by atoms with Crippen molar-refractivity contribution in [1.29, 1.82) is 0 Å². The Morgan fingerprint density at radius 3 is 2.60 bits per heavy atom. The highest BCUT2D eigenvalue weighted by atomic mass is 16.5. The molecule has 2 aromatic carbocycles. The molecule has 25 heavy (non-hydrogen) atoms. The van der Waals surface area contributed by atoms with Gasteiger partial charge in [0.15, 0.2) is 11.5 Å². The molecule has 0 heterocycles. The van der Waals surface area contributed by atoms with E-state index in [2.05, 4.69) is 0 Å². The number of hydrogen-bond donors (Lipinski definition) is 2. The minimum absolute atomic E-state index is 0.0742. The van der Waals surface area contributed by atoms with Gasteiger partial charge >= 0.3 is 5.97 Å². The van der Waals surface area contributed by atoms with E-state index in [-0.39, 0.29) is 12.4 Å². The van der Waals surface area contributed by atoms with Gasteiger partial charge in [0.1, 0.15) is 5.75 Å². The monoisotopic (exact) mass is 343 g/mol. The van der Waals surface area contributed by atoms with Crippen molar-refractivity contribution in [2.45, 2.75) is 6.42 Å². The van der Waals surface area contributed by atoms with Crippen LogP contribution in [-0.4, -0.2) is 31.9 Å². The average Bonchev–Trinajstić information content (AvgIpc) is 2.62. The van der Waals surface area contributed by atoms with Crippen LogP contribution in [-0.2, 0) is 16.0 Å². The number of benzene rings is 2. The number of anilines is 1. The number of hydrogen-bond acceptors (Lipinski definition) is 6.